The number of rotatable bonds is 7. The Bertz CT molecular complexity index is 802. The highest BCUT2D eigenvalue weighted by Gasteiger charge is 2.06. The molecule has 1 N–H and O–H groups in total. The van der Waals surface area contributed by atoms with Crippen LogP contribution in [-0.2, 0) is 11.2 Å². The Morgan fingerprint density at radius 1 is 1.17 bits per heavy atom. The Kier molecular flexibility index (Phi) is 6.12. The van der Waals surface area contributed by atoms with E-state index in [1.807, 2.05) is 42.5 Å². The lowest BCUT2D eigenvalue weighted by Crippen LogP contribution is -2.26. The van der Waals surface area contributed by atoms with Crippen molar-refractivity contribution in [3.05, 3.63) is 58.6 Å². The van der Waals surface area contributed by atoms with Gasteiger partial charge in [0.15, 0.2) is 0 Å². The molecule has 0 spiro atoms. The number of carbonyl (C=O) groups excluding carboxylic acids is 1. The van der Waals surface area contributed by atoms with Crippen molar-refractivity contribution in [2.75, 3.05) is 12.3 Å². The summed E-state index contributed by atoms with van der Waals surface area (Å²) in [5.74, 6) is 0.412. The van der Waals surface area contributed by atoms with Crippen molar-refractivity contribution in [1.82, 2.24) is 10.3 Å². The van der Waals surface area contributed by atoms with Crippen molar-refractivity contribution in [3.8, 4) is 0 Å². The van der Waals surface area contributed by atoms with Crippen LogP contribution in [0.4, 0.5) is 0 Å². The molecule has 3 rings (SSSR count). The topological polar surface area (TPSA) is 42.0 Å². The van der Waals surface area contributed by atoms with E-state index in [0.717, 1.165) is 28.3 Å². The van der Waals surface area contributed by atoms with E-state index in [9.17, 15) is 4.79 Å². The van der Waals surface area contributed by atoms with Gasteiger partial charge in [0.25, 0.3) is 0 Å². The molecule has 2 aromatic carbocycles. The lowest BCUT2D eigenvalue weighted by molar-refractivity contribution is -0.118. The monoisotopic (exact) mass is 376 g/mol. The fraction of sp³-hybridized carbons (Fsp3) is 0.222. The summed E-state index contributed by atoms with van der Waals surface area (Å²) in [7, 11) is 0. The highest BCUT2D eigenvalue weighted by molar-refractivity contribution is 8.00. The van der Waals surface area contributed by atoms with Crippen LogP contribution in [0.5, 0.6) is 0 Å². The van der Waals surface area contributed by atoms with Gasteiger partial charge in [0.2, 0.25) is 5.91 Å². The predicted molar refractivity (Wildman–Crippen MR) is 103 cm³/mol. The molecule has 3 aromatic rings. The van der Waals surface area contributed by atoms with Crippen LogP contribution in [0.15, 0.2) is 53.4 Å². The van der Waals surface area contributed by atoms with Crippen LogP contribution in [0.3, 0.4) is 0 Å². The maximum absolute atomic E-state index is 11.9. The molecule has 0 saturated heterocycles. The highest BCUT2D eigenvalue weighted by atomic mass is 35.5. The van der Waals surface area contributed by atoms with Gasteiger partial charge < -0.3 is 5.32 Å². The molecule has 0 bridgehead atoms. The van der Waals surface area contributed by atoms with Gasteiger partial charge in [-0.1, -0.05) is 35.9 Å². The summed E-state index contributed by atoms with van der Waals surface area (Å²) in [6.07, 6.45) is 1.78. The first kappa shape index (κ1) is 17.3. The summed E-state index contributed by atoms with van der Waals surface area (Å²) in [5.41, 5.74) is 1.05. The van der Waals surface area contributed by atoms with Gasteiger partial charge in [0.1, 0.15) is 0 Å². The van der Waals surface area contributed by atoms with E-state index in [2.05, 4.69) is 16.4 Å². The third kappa shape index (κ3) is 4.72. The molecule has 0 saturated carbocycles. The minimum atomic E-state index is 0.0317. The first-order chi connectivity index (χ1) is 11.7. The molecule has 6 heteroatoms. The molecule has 0 aliphatic rings. The first-order valence-electron chi connectivity index (χ1n) is 7.71. The lowest BCUT2D eigenvalue weighted by atomic mass is 10.3. The Morgan fingerprint density at radius 2 is 1.96 bits per heavy atom. The van der Waals surface area contributed by atoms with Crippen LogP contribution < -0.4 is 5.32 Å². The molecule has 0 radical (unpaired) electrons. The fourth-order valence-corrected chi connectivity index (χ4v) is 4.33. The molecule has 0 aliphatic heterocycles. The van der Waals surface area contributed by atoms with Gasteiger partial charge in [0.05, 0.1) is 26.0 Å². The number of fused-ring (bicyclic) bond motifs is 1. The van der Waals surface area contributed by atoms with E-state index in [4.69, 9.17) is 11.6 Å². The van der Waals surface area contributed by atoms with Crippen LogP contribution in [0, 0.1) is 0 Å². The Hall–Kier alpha value is -1.56. The zero-order valence-electron chi connectivity index (χ0n) is 13.0. The number of halogens is 1. The number of carbonyl (C=O) groups is 1. The normalized spacial score (nSPS) is 10.9. The number of thiazole rings is 1. The predicted octanol–water partition coefficient (Wildman–Crippen LogP) is 4.79. The summed E-state index contributed by atoms with van der Waals surface area (Å²) < 4.78 is 1.22. The Balaban J connectivity index is 1.38. The number of hydrogen-bond donors (Lipinski definition) is 1. The molecule has 0 fully saturated rings. The molecular weight excluding hydrogens is 360 g/mol. The first-order valence-corrected chi connectivity index (χ1v) is 9.89. The number of para-hydroxylation sites is 1. The largest absolute Gasteiger partial charge is 0.355 e. The van der Waals surface area contributed by atoms with E-state index in [0.29, 0.717) is 17.3 Å². The summed E-state index contributed by atoms with van der Waals surface area (Å²) in [6.45, 7) is 0.665. The van der Waals surface area contributed by atoms with E-state index in [-0.39, 0.29) is 5.91 Å². The molecule has 1 amide bonds. The number of nitrogens with zero attached hydrogens (tertiary/aromatic N) is 1. The second-order valence-corrected chi connectivity index (χ2v) is 7.79. The van der Waals surface area contributed by atoms with Crippen LogP contribution in [0.1, 0.15) is 11.4 Å². The van der Waals surface area contributed by atoms with Crippen molar-refractivity contribution >= 4 is 50.8 Å². The fourth-order valence-electron chi connectivity index (χ4n) is 2.25. The molecule has 1 aromatic heterocycles. The number of aromatic nitrogens is 1. The van der Waals surface area contributed by atoms with Crippen LogP contribution >= 0.6 is 34.7 Å². The number of thioether (sulfide) groups is 1. The smallest absolute Gasteiger partial charge is 0.230 e. The molecular formula is C18H17ClN2OS2. The average Bonchev–Trinajstić information content (AvgIpc) is 3.01. The van der Waals surface area contributed by atoms with Gasteiger partial charge >= 0.3 is 0 Å². The van der Waals surface area contributed by atoms with E-state index >= 15 is 0 Å². The number of amides is 1. The van der Waals surface area contributed by atoms with Crippen LogP contribution in [-0.4, -0.2) is 23.2 Å². The number of aryl methyl sites for hydroxylation is 1. The second-order valence-electron chi connectivity index (χ2n) is 5.25. The zero-order chi connectivity index (χ0) is 16.8. The van der Waals surface area contributed by atoms with Gasteiger partial charge in [-0.05, 0) is 30.7 Å². The molecule has 3 nitrogen and oxygen atoms in total. The quantitative estimate of drug-likeness (QED) is 0.476. The van der Waals surface area contributed by atoms with Gasteiger partial charge in [0, 0.05) is 17.9 Å². The highest BCUT2D eigenvalue weighted by Crippen LogP contribution is 2.26. The third-order valence-electron chi connectivity index (χ3n) is 3.42. The summed E-state index contributed by atoms with van der Waals surface area (Å²) in [5, 5.41) is 4.76. The lowest BCUT2D eigenvalue weighted by Gasteiger charge is -2.05. The number of hydrogen-bond acceptors (Lipinski definition) is 4. The summed E-state index contributed by atoms with van der Waals surface area (Å²) >= 11 is 9.26. The molecule has 0 unspecified atom stereocenters. The van der Waals surface area contributed by atoms with Crippen molar-refractivity contribution in [2.45, 2.75) is 17.7 Å². The summed E-state index contributed by atoms with van der Waals surface area (Å²) in [4.78, 5) is 17.4. The average molecular weight is 377 g/mol. The van der Waals surface area contributed by atoms with Crippen molar-refractivity contribution in [2.24, 2.45) is 0 Å². The number of nitrogens with one attached hydrogen (secondary N) is 1. The van der Waals surface area contributed by atoms with E-state index < -0.39 is 0 Å². The summed E-state index contributed by atoms with van der Waals surface area (Å²) in [6, 6.07) is 15.7. The second kappa shape index (κ2) is 8.51. The maximum Gasteiger partial charge on any atom is 0.230 e. The van der Waals surface area contributed by atoms with Gasteiger partial charge in [-0.3, -0.25) is 4.79 Å². The standard InChI is InChI=1S/C18H17ClN2OS2/c19-13-6-1-3-8-15(13)23-12-17(22)20-11-5-10-18-21-14-7-2-4-9-16(14)24-18/h1-4,6-9H,5,10-12H2,(H,20,22). The van der Waals surface area contributed by atoms with E-state index in [1.54, 1.807) is 11.3 Å². The zero-order valence-corrected chi connectivity index (χ0v) is 15.4. The SMILES string of the molecule is O=C(CSc1ccccc1Cl)NCCCc1nc2ccccc2s1. The molecule has 1 heterocycles. The van der Waals surface area contributed by atoms with Crippen molar-refractivity contribution in [3.63, 3.8) is 0 Å². The minimum Gasteiger partial charge on any atom is -0.355 e. The van der Waals surface area contributed by atoms with Crippen molar-refractivity contribution in [1.29, 1.82) is 0 Å². The number of benzene rings is 2. The maximum atomic E-state index is 11.9. The van der Waals surface area contributed by atoms with Crippen molar-refractivity contribution < 1.29 is 4.79 Å². The van der Waals surface area contributed by atoms with Crippen LogP contribution in [0.25, 0.3) is 10.2 Å². The molecule has 0 atom stereocenters. The Labute approximate surface area is 154 Å². The van der Waals surface area contributed by atoms with Crippen LogP contribution in [0.2, 0.25) is 5.02 Å². The third-order valence-corrected chi connectivity index (χ3v) is 6.03. The van der Waals surface area contributed by atoms with E-state index in [1.165, 1.54) is 16.5 Å². The minimum absolute atomic E-state index is 0.0317. The molecule has 24 heavy (non-hydrogen) atoms. The Morgan fingerprint density at radius 3 is 2.79 bits per heavy atom. The van der Waals surface area contributed by atoms with Gasteiger partial charge in [-0.2, -0.15) is 0 Å². The van der Waals surface area contributed by atoms with Gasteiger partial charge in [-0.15, -0.1) is 23.1 Å². The molecule has 124 valence electrons. The van der Waals surface area contributed by atoms with Gasteiger partial charge in [-0.25, -0.2) is 4.98 Å². The molecule has 0 aliphatic carbocycles.